The first-order valence-corrected chi connectivity index (χ1v) is 6.12. The van der Waals surface area contributed by atoms with E-state index in [0.717, 1.165) is 9.88 Å². The van der Waals surface area contributed by atoms with Gasteiger partial charge in [-0.05, 0) is 0 Å². The Balaban J connectivity index is 2.74. The molecule has 0 radical (unpaired) electrons. The molecule has 1 unspecified atom stereocenters. The van der Waals surface area contributed by atoms with Crippen molar-refractivity contribution in [1.29, 1.82) is 0 Å². The number of aromatic nitrogens is 1. The van der Waals surface area contributed by atoms with Gasteiger partial charge >= 0.3 is 5.97 Å². The normalized spacial score (nSPS) is 12.8. The van der Waals surface area contributed by atoms with Crippen molar-refractivity contribution >= 4 is 17.3 Å². The van der Waals surface area contributed by atoms with Crippen LogP contribution in [0.25, 0.3) is 0 Å². The molecule has 2 N–H and O–H groups in total. The lowest BCUT2D eigenvalue weighted by Gasteiger charge is -2.10. The highest BCUT2D eigenvalue weighted by Gasteiger charge is 2.18. The molecule has 1 rings (SSSR count). The summed E-state index contributed by atoms with van der Waals surface area (Å²) in [5, 5.41) is 1.08. The number of thiazole rings is 1. The lowest BCUT2D eigenvalue weighted by molar-refractivity contribution is -0.141. The van der Waals surface area contributed by atoms with E-state index in [-0.39, 0.29) is 11.9 Å². The minimum atomic E-state index is -0.227. The van der Waals surface area contributed by atoms with Gasteiger partial charge < -0.3 is 10.5 Å². The van der Waals surface area contributed by atoms with Crippen LogP contribution in [0.4, 0.5) is 0 Å². The van der Waals surface area contributed by atoms with Crippen molar-refractivity contribution in [2.45, 2.75) is 32.1 Å². The van der Waals surface area contributed by atoms with E-state index in [0.29, 0.717) is 18.9 Å². The number of nitrogens with two attached hydrogens (primary N) is 1. The molecule has 1 aromatic heterocycles. The summed E-state index contributed by atoms with van der Waals surface area (Å²) in [4.78, 5) is 16.6. The van der Waals surface area contributed by atoms with Gasteiger partial charge in [0.1, 0.15) is 0 Å². The predicted molar refractivity (Wildman–Crippen MR) is 64.6 cm³/mol. The maximum atomic E-state index is 11.2. The van der Waals surface area contributed by atoms with E-state index in [1.54, 1.807) is 11.3 Å². The van der Waals surface area contributed by atoms with E-state index in [1.807, 2.05) is 6.20 Å². The highest BCUT2D eigenvalue weighted by molar-refractivity contribution is 7.11. The Kier molecular flexibility index (Phi) is 4.89. The molecular formula is C11H18N2O2S. The molecule has 0 fully saturated rings. The zero-order valence-electron chi connectivity index (χ0n) is 9.90. The van der Waals surface area contributed by atoms with Crippen LogP contribution in [0.3, 0.4) is 0 Å². The molecular weight excluding hydrogens is 224 g/mol. The quantitative estimate of drug-likeness (QED) is 0.801. The molecule has 0 amide bonds. The zero-order valence-corrected chi connectivity index (χ0v) is 10.7. The highest BCUT2D eigenvalue weighted by atomic mass is 32.1. The minimum Gasteiger partial charge on any atom is -0.469 e. The fourth-order valence-electron chi connectivity index (χ4n) is 1.34. The molecule has 5 heteroatoms. The topological polar surface area (TPSA) is 65.2 Å². The second-order valence-corrected chi connectivity index (χ2v) is 5.06. The molecule has 16 heavy (non-hydrogen) atoms. The van der Waals surface area contributed by atoms with Crippen LogP contribution in [0, 0.1) is 0 Å². The first-order chi connectivity index (χ1) is 7.58. The second-order valence-electron chi connectivity index (χ2n) is 3.97. The SMILES string of the molecule is COC(=O)CC(CN)c1cnc(C(C)C)s1. The van der Waals surface area contributed by atoms with Crippen molar-refractivity contribution in [3.8, 4) is 0 Å². The van der Waals surface area contributed by atoms with Gasteiger partial charge in [0.25, 0.3) is 0 Å². The lowest BCUT2D eigenvalue weighted by atomic mass is 10.1. The van der Waals surface area contributed by atoms with E-state index >= 15 is 0 Å². The van der Waals surface area contributed by atoms with Crippen LogP contribution in [0.1, 0.15) is 42.0 Å². The Morgan fingerprint density at radius 3 is 2.75 bits per heavy atom. The smallest absolute Gasteiger partial charge is 0.306 e. The molecule has 0 spiro atoms. The number of nitrogens with zero attached hydrogens (tertiary/aromatic N) is 1. The third kappa shape index (κ3) is 3.28. The fourth-order valence-corrected chi connectivity index (χ4v) is 2.38. The first kappa shape index (κ1) is 13.1. The first-order valence-electron chi connectivity index (χ1n) is 5.31. The van der Waals surface area contributed by atoms with E-state index in [4.69, 9.17) is 5.73 Å². The van der Waals surface area contributed by atoms with Crippen molar-refractivity contribution in [3.05, 3.63) is 16.1 Å². The summed E-state index contributed by atoms with van der Waals surface area (Å²) in [5.74, 6) is 0.211. The van der Waals surface area contributed by atoms with Crippen LogP contribution in [-0.4, -0.2) is 24.6 Å². The highest BCUT2D eigenvalue weighted by Crippen LogP contribution is 2.28. The van der Waals surface area contributed by atoms with Crippen LogP contribution in [0.15, 0.2) is 6.20 Å². The summed E-state index contributed by atoms with van der Waals surface area (Å²) >= 11 is 1.63. The Hall–Kier alpha value is -0.940. The molecule has 1 aromatic rings. The average Bonchev–Trinajstić information content (AvgIpc) is 2.74. The third-order valence-electron chi connectivity index (χ3n) is 2.36. The molecule has 1 atom stereocenters. The summed E-state index contributed by atoms with van der Waals surface area (Å²) in [6.07, 6.45) is 2.15. The van der Waals surface area contributed by atoms with Crippen LogP contribution in [0.5, 0.6) is 0 Å². The van der Waals surface area contributed by atoms with E-state index in [9.17, 15) is 4.79 Å². The number of hydrogen-bond donors (Lipinski definition) is 1. The standard InChI is InChI=1S/C11H18N2O2S/c1-7(2)11-13-6-9(16-11)8(5-12)4-10(14)15-3/h6-8H,4-5,12H2,1-3H3. The Morgan fingerprint density at radius 2 is 2.31 bits per heavy atom. The Morgan fingerprint density at radius 1 is 1.62 bits per heavy atom. The number of carbonyl (C=O) groups is 1. The van der Waals surface area contributed by atoms with Gasteiger partial charge in [-0.15, -0.1) is 11.3 Å². The third-order valence-corrected chi connectivity index (χ3v) is 3.82. The van der Waals surface area contributed by atoms with Crippen molar-refractivity contribution in [2.75, 3.05) is 13.7 Å². The van der Waals surface area contributed by atoms with Crippen LogP contribution in [-0.2, 0) is 9.53 Å². The van der Waals surface area contributed by atoms with Crippen molar-refractivity contribution in [1.82, 2.24) is 4.98 Å². The minimum absolute atomic E-state index is 0.0254. The molecule has 0 saturated carbocycles. The molecule has 90 valence electrons. The fraction of sp³-hybridized carbons (Fsp3) is 0.636. The molecule has 0 aliphatic heterocycles. The van der Waals surface area contributed by atoms with Gasteiger partial charge in [0.15, 0.2) is 0 Å². The van der Waals surface area contributed by atoms with Crippen LogP contribution >= 0.6 is 11.3 Å². The molecule has 4 nitrogen and oxygen atoms in total. The summed E-state index contributed by atoms with van der Waals surface area (Å²) in [5.41, 5.74) is 5.66. The summed E-state index contributed by atoms with van der Waals surface area (Å²) in [7, 11) is 1.39. The molecule has 0 aromatic carbocycles. The van der Waals surface area contributed by atoms with E-state index in [2.05, 4.69) is 23.6 Å². The maximum Gasteiger partial charge on any atom is 0.306 e. The number of rotatable bonds is 5. The van der Waals surface area contributed by atoms with Crippen LogP contribution in [0.2, 0.25) is 0 Å². The number of hydrogen-bond acceptors (Lipinski definition) is 5. The van der Waals surface area contributed by atoms with Gasteiger partial charge in [0.2, 0.25) is 0 Å². The predicted octanol–water partition coefficient (Wildman–Crippen LogP) is 1.87. The molecule has 0 aliphatic rings. The number of ether oxygens (including phenoxy) is 1. The molecule has 0 saturated heterocycles. The molecule has 0 bridgehead atoms. The maximum absolute atomic E-state index is 11.2. The Bertz CT molecular complexity index is 350. The molecule has 1 heterocycles. The molecule has 0 aliphatic carbocycles. The van der Waals surface area contributed by atoms with Gasteiger partial charge in [-0.25, -0.2) is 4.98 Å². The van der Waals surface area contributed by atoms with E-state index < -0.39 is 0 Å². The largest absolute Gasteiger partial charge is 0.469 e. The second kappa shape index (κ2) is 5.96. The monoisotopic (exact) mass is 242 g/mol. The van der Waals surface area contributed by atoms with E-state index in [1.165, 1.54) is 7.11 Å². The zero-order chi connectivity index (χ0) is 12.1. The van der Waals surface area contributed by atoms with Crippen LogP contribution < -0.4 is 5.73 Å². The Labute approximate surface area is 99.8 Å². The van der Waals surface area contributed by atoms with Gasteiger partial charge in [-0.1, -0.05) is 13.8 Å². The number of carbonyl (C=O) groups excluding carboxylic acids is 1. The van der Waals surface area contributed by atoms with Gasteiger partial charge in [0.05, 0.1) is 18.5 Å². The lowest BCUT2D eigenvalue weighted by Crippen LogP contribution is -2.16. The van der Waals surface area contributed by atoms with Gasteiger partial charge in [-0.2, -0.15) is 0 Å². The number of methoxy groups -OCH3 is 1. The summed E-state index contributed by atoms with van der Waals surface area (Å²) in [6, 6.07) is 0. The van der Waals surface area contributed by atoms with Crippen molar-refractivity contribution in [2.24, 2.45) is 5.73 Å². The number of esters is 1. The summed E-state index contributed by atoms with van der Waals surface area (Å²) in [6.45, 7) is 4.63. The van der Waals surface area contributed by atoms with Crippen molar-refractivity contribution in [3.63, 3.8) is 0 Å². The van der Waals surface area contributed by atoms with Gasteiger partial charge in [0, 0.05) is 29.5 Å². The van der Waals surface area contributed by atoms with Crippen molar-refractivity contribution < 1.29 is 9.53 Å². The van der Waals surface area contributed by atoms with Gasteiger partial charge in [-0.3, -0.25) is 4.79 Å². The summed E-state index contributed by atoms with van der Waals surface area (Å²) < 4.78 is 4.65. The average molecular weight is 242 g/mol.